The Morgan fingerprint density at radius 2 is 2.10 bits per heavy atom. The molecule has 0 saturated carbocycles. The van der Waals surface area contributed by atoms with Crippen molar-refractivity contribution < 1.29 is 9.53 Å². The first-order valence-corrected chi connectivity index (χ1v) is 7.45. The zero-order valence-corrected chi connectivity index (χ0v) is 12.9. The summed E-state index contributed by atoms with van der Waals surface area (Å²) in [4.78, 5) is 18.9. The Balaban J connectivity index is 2.23. The number of hydrazine groups is 1. The molecule has 21 heavy (non-hydrogen) atoms. The van der Waals surface area contributed by atoms with Gasteiger partial charge in [-0.25, -0.2) is 10.8 Å². The number of nitrogens with one attached hydrogen (secondary N) is 1. The number of carbonyl (C=O) groups is 1. The molecule has 6 nitrogen and oxygen atoms in total. The number of aryl methyl sites for hydroxylation is 1. The Morgan fingerprint density at radius 1 is 1.43 bits per heavy atom. The number of ether oxygens (including phenoxy) is 1. The number of pyridine rings is 1. The van der Waals surface area contributed by atoms with Crippen molar-refractivity contribution >= 4 is 11.7 Å². The SMILES string of the molecule is CCCc1cc(C(=O)N2CC(C)OC(C)C2)cc(NN)n1. The summed E-state index contributed by atoms with van der Waals surface area (Å²) in [6.45, 7) is 7.27. The van der Waals surface area contributed by atoms with Crippen LogP contribution in [0, 0.1) is 0 Å². The summed E-state index contributed by atoms with van der Waals surface area (Å²) in [5.41, 5.74) is 4.04. The van der Waals surface area contributed by atoms with E-state index < -0.39 is 0 Å². The molecule has 0 spiro atoms. The lowest BCUT2D eigenvalue weighted by Crippen LogP contribution is -2.48. The van der Waals surface area contributed by atoms with E-state index in [-0.39, 0.29) is 18.1 Å². The van der Waals surface area contributed by atoms with Crippen LogP contribution < -0.4 is 11.3 Å². The molecule has 2 unspecified atom stereocenters. The van der Waals surface area contributed by atoms with Gasteiger partial charge in [-0.1, -0.05) is 13.3 Å². The Labute approximate surface area is 125 Å². The van der Waals surface area contributed by atoms with Crippen molar-refractivity contribution in [3.63, 3.8) is 0 Å². The first-order valence-electron chi connectivity index (χ1n) is 7.45. The fourth-order valence-electron chi connectivity index (χ4n) is 2.70. The number of aromatic nitrogens is 1. The normalized spacial score (nSPS) is 22.2. The molecule has 1 saturated heterocycles. The molecule has 1 aliphatic rings. The number of carbonyl (C=O) groups excluding carboxylic acids is 1. The largest absolute Gasteiger partial charge is 0.372 e. The van der Waals surface area contributed by atoms with Gasteiger partial charge in [-0.05, 0) is 32.4 Å². The van der Waals surface area contributed by atoms with Crippen LogP contribution in [0.2, 0.25) is 0 Å². The molecule has 2 heterocycles. The second-order valence-electron chi connectivity index (χ2n) is 5.59. The highest BCUT2D eigenvalue weighted by atomic mass is 16.5. The molecule has 1 fully saturated rings. The number of nitrogens with two attached hydrogens (primary N) is 1. The summed E-state index contributed by atoms with van der Waals surface area (Å²) in [5.74, 6) is 5.98. The maximum Gasteiger partial charge on any atom is 0.254 e. The molecule has 6 heteroatoms. The van der Waals surface area contributed by atoms with Crippen LogP contribution in [0.1, 0.15) is 43.2 Å². The number of hydrogen-bond acceptors (Lipinski definition) is 5. The smallest absolute Gasteiger partial charge is 0.254 e. The molecule has 1 aliphatic heterocycles. The zero-order valence-electron chi connectivity index (χ0n) is 12.9. The van der Waals surface area contributed by atoms with Crippen LogP contribution in [0.4, 0.5) is 5.82 Å². The third-order valence-corrected chi connectivity index (χ3v) is 3.49. The summed E-state index contributed by atoms with van der Waals surface area (Å²) < 4.78 is 5.67. The fourth-order valence-corrected chi connectivity index (χ4v) is 2.70. The Bertz CT molecular complexity index is 496. The summed E-state index contributed by atoms with van der Waals surface area (Å²) >= 11 is 0. The maximum atomic E-state index is 12.7. The van der Waals surface area contributed by atoms with Crippen LogP contribution >= 0.6 is 0 Å². The molecule has 1 aromatic heterocycles. The minimum atomic E-state index is 0.00764. The molecule has 0 aromatic carbocycles. The van der Waals surface area contributed by atoms with Crippen LogP contribution in [0.3, 0.4) is 0 Å². The van der Waals surface area contributed by atoms with Crippen LogP contribution in [-0.2, 0) is 11.2 Å². The molecule has 116 valence electrons. The van der Waals surface area contributed by atoms with Gasteiger partial charge in [0.25, 0.3) is 5.91 Å². The van der Waals surface area contributed by atoms with Gasteiger partial charge < -0.3 is 15.1 Å². The van der Waals surface area contributed by atoms with Gasteiger partial charge in [-0.3, -0.25) is 4.79 Å². The van der Waals surface area contributed by atoms with E-state index in [2.05, 4.69) is 17.3 Å². The average Bonchev–Trinajstić information content (AvgIpc) is 2.45. The van der Waals surface area contributed by atoms with Crippen molar-refractivity contribution in [2.75, 3.05) is 18.5 Å². The van der Waals surface area contributed by atoms with Gasteiger partial charge in [-0.2, -0.15) is 0 Å². The third-order valence-electron chi connectivity index (χ3n) is 3.49. The van der Waals surface area contributed by atoms with Gasteiger partial charge in [0.05, 0.1) is 12.2 Å². The zero-order chi connectivity index (χ0) is 15.4. The van der Waals surface area contributed by atoms with E-state index in [1.165, 1.54) is 0 Å². The van der Waals surface area contributed by atoms with Crippen LogP contribution in [0.25, 0.3) is 0 Å². The lowest BCUT2D eigenvalue weighted by Gasteiger charge is -2.35. The standard InChI is InChI=1S/C15H24N4O2/c1-4-5-13-6-12(7-14(17-13)18-16)15(20)19-8-10(2)21-11(3)9-19/h6-7,10-11H,4-5,8-9,16H2,1-3H3,(H,17,18). The van der Waals surface area contributed by atoms with E-state index in [9.17, 15) is 4.79 Å². The average molecular weight is 292 g/mol. The number of morpholine rings is 1. The lowest BCUT2D eigenvalue weighted by atomic mass is 10.1. The van der Waals surface area contributed by atoms with Crippen molar-refractivity contribution in [3.05, 3.63) is 23.4 Å². The molecule has 2 atom stereocenters. The van der Waals surface area contributed by atoms with E-state index in [0.717, 1.165) is 18.5 Å². The second-order valence-corrected chi connectivity index (χ2v) is 5.59. The Kier molecular flexibility index (Phi) is 5.14. The van der Waals surface area contributed by atoms with E-state index >= 15 is 0 Å². The molecule has 0 aliphatic carbocycles. The van der Waals surface area contributed by atoms with Gasteiger partial charge in [0, 0.05) is 24.3 Å². The topological polar surface area (TPSA) is 80.5 Å². The Morgan fingerprint density at radius 3 is 2.67 bits per heavy atom. The molecule has 0 radical (unpaired) electrons. The molecule has 1 amide bonds. The molecule has 1 aromatic rings. The van der Waals surface area contributed by atoms with Crippen molar-refractivity contribution in [3.8, 4) is 0 Å². The highest BCUT2D eigenvalue weighted by Gasteiger charge is 2.27. The molecular formula is C15H24N4O2. The lowest BCUT2D eigenvalue weighted by molar-refractivity contribution is -0.0586. The highest BCUT2D eigenvalue weighted by molar-refractivity contribution is 5.95. The van der Waals surface area contributed by atoms with Crippen LogP contribution in [-0.4, -0.2) is 41.1 Å². The summed E-state index contributed by atoms with van der Waals surface area (Å²) in [7, 11) is 0. The number of nitrogen functional groups attached to an aromatic ring is 1. The van der Waals surface area contributed by atoms with E-state index in [1.807, 2.05) is 24.8 Å². The molecule has 0 bridgehead atoms. The fraction of sp³-hybridized carbons (Fsp3) is 0.600. The quantitative estimate of drug-likeness (QED) is 0.650. The first-order chi connectivity index (χ1) is 10.0. The molecular weight excluding hydrogens is 268 g/mol. The van der Waals surface area contributed by atoms with Gasteiger partial charge >= 0.3 is 0 Å². The summed E-state index contributed by atoms with van der Waals surface area (Å²) in [6, 6.07) is 3.56. The minimum absolute atomic E-state index is 0.00764. The second kappa shape index (κ2) is 6.87. The number of amides is 1. The van der Waals surface area contributed by atoms with E-state index in [1.54, 1.807) is 6.07 Å². The van der Waals surface area contributed by atoms with Gasteiger partial charge in [0.15, 0.2) is 0 Å². The number of anilines is 1. The van der Waals surface area contributed by atoms with Gasteiger partial charge in [0.1, 0.15) is 5.82 Å². The van der Waals surface area contributed by atoms with E-state index in [4.69, 9.17) is 10.6 Å². The number of nitrogens with zero attached hydrogens (tertiary/aromatic N) is 2. The first kappa shape index (κ1) is 15.7. The van der Waals surface area contributed by atoms with Crippen LogP contribution in [0.5, 0.6) is 0 Å². The maximum absolute atomic E-state index is 12.7. The number of rotatable bonds is 4. The minimum Gasteiger partial charge on any atom is -0.372 e. The van der Waals surface area contributed by atoms with E-state index in [0.29, 0.717) is 24.5 Å². The predicted molar refractivity (Wildman–Crippen MR) is 82.0 cm³/mol. The van der Waals surface area contributed by atoms with Crippen molar-refractivity contribution in [2.24, 2.45) is 5.84 Å². The predicted octanol–water partition coefficient (Wildman–Crippen LogP) is 1.57. The molecule has 3 N–H and O–H groups in total. The summed E-state index contributed by atoms with van der Waals surface area (Å²) in [6.07, 6.45) is 1.91. The van der Waals surface area contributed by atoms with Crippen molar-refractivity contribution in [1.29, 1.82) is 0 Å². The monoisotopic (exact) mass is 292 g/mol. The summed E-state index contributed by atoms with van der Waals surface area (Å²) in [5, 5.41) is 0. The van der Waals surface area contributed by atoms with Crippen molar-refractivity contribution in [2.45, 2.75) is 45.8 Å². The third kappa shape index (κ3) is 3.92. The Hall–Kier alpha value is -1.66. The van der Waals surface area contributed by atoms with Crippen LogP contribution in [0.15, 0.2) is 12.1 Å². The highest BCUT2D eigenvalue weighted by Crippen LogP contribution is 2.17. The van der Waals surface area contributed by atoms with Crippen molar-refractivity contribution in [1.82, 2.24) is 9.88 Å². The van der Waals surface area contributed by atoms with Gasteiger partial charge in [-0.15, -0.1) is 0 Å². The number of hydrogen-bond donors (Lipinski definition) is 2. The van der Waals surface area contributed by atoms with Gasteiger partial charge in [0.2, 0.25) is 0 Å². The molecule has 2 rings (SSSR count).